The maximum atomic E-state index is 13.4. The van der Waals surface area contributed by atoms with Crippen LogP contribution in [-0.4, -0.2) is 5.91 Å². The van der Waals surface area contributed by atoms with Crippen LogP contribution in [0.1, 0.15) is 15.9 Å². The minimum absolute atomic E-state index is 0.00234. The van der Waals surface area contributed by atoms with Gasteiger partial charge in [-0.05, 0) is 36.8 Å². The molecule has 4 heteroatoms. The third kappa shape index (κ3) is 2.48. The van der Waals surface area contributed by atoms with Crippen molar-refractivity contribution < 1.29 is 9.18 Å². The van der Waals surface area contributed by atoms with Gasteiger partial charge in [-0.1, -0.05) is 18.2 Å². The topological polar surface area (TPSA) is 55.1 Å². The predicted octanol–water partition coefficient (Wildman–Crippen LogP) is 2.97. The van der Waals surface area contributed by atoms with Crippen molar-refractivity contribution >= 4 is 17.3 Å². The van der Waals surface area contributed by atoms with Crippen molar-refractivity contribution in [1.82, 2.24) is 0 Å². The van der Waals surface area contributed by atoms with Crippen LogP contribution in [0.25, 0.3) is 0 Å². The molecule has 0 radical (unpaired) electrons. The third-order valence-corrected chi connectivity index (χ3v) is 2.57. The highest BCUT2D eigenvalue weighted by Crippen LogP contribution is 2.20. The van der Waals surface area contributed by atoms with Crippen molar-refractivity contribution in [2.75, 3.05) is 11.1 Å². The lowest BCUT2D eigenvalue weighted by Gasteiger charge is -2.09. The summed E-state index contributed by atoms with van der Waals surface area (Å²) in [4.78, 5) is 11.9. The standard InChI is InChI=1S/C14H13FN2O/c1-9-6-7-13(12(16)8-9)17-14(18)10-4-2-3-5-11(10)15/h2-8H,16H2,1H3,(H,17,18). The van der Waals surface area contributed by atoms with Gasteiger partial charge in [-0.25, -0.2) is 4.39 Å². The first-order chi connectivity index (χ1) is 8.58. The molecule has 0 aliphatic heterocycles. The number of aryl methyl sites for hydroxylation is 1. The number of carbonyl (C=O) groups excluding carboxylic acids is 1. The molecule has 0 saturated carbocycles. The van der Waals surface area contributed by atoms with Crippen LogP contribution in [-0.2, 0) is 0 Å². The van der Waals surface area contributed by atoms with Gasteiger partial charge in [0.15, 0.2) is 0 Å². The van der Waals surface area contributed by atoms with Gasteiger partial charge in [0.1, 0.15) is 5.82 Å². The maximum Gasteiger partial charge on any atom is 0.258 e. The molecule has 0 fully saturated rings. The molecule has 0 aliphatic carbocycles. The summed E-state index contributed by atoms with van der Waals surface area (Å²) >= 11 is 0. The minimum atomic E-state index is -0.555. The molecule has 18 heavy (non-hydrogen) atoms. The van der Waals surface area contributed by atoms with E-state index in [0.717, 1.165) is 5.56 Å². The monoisotopic (exact) mass is 244 g/mol. The molecule has 0 unspecified atom stereocenters. The molecular formula is C14H13FN2O. The number of hydrogen-bond donors (Lipinski definition) is 2. The third-order valence-electron chi connectivity index (χ3n) is 2.57. The van der Waals surface area contributed by atoms with E-state index >= 15 is 0 Å². The lowest BCUT2D eigenvalue weighted by atomic mass is 10.1. The van der Waals surface area contributed by atoms with Crippen molar-refractivity contribution in [2.45, 2.75) is 6.92 Å². The number of halogens is 1. The van der Waals surface area contributed by atoms with Crippen molar-refractivity contribution in [2.24, 2.45) is 0 Å². The molecule has 0 heterocycles. The number of nitrogens with two attached hydrogens (primary N) is 1. The lowest BCUT2D eigenvalue weighted by Crippen LogP contribution is -2.14. The number of carbonyl (C=O) groups is 1. The molecule has 1 amide bonds. The van der Waals surface area contributed by atoms with E-state index in [1.165, 1.54) is 18.2 Å². The molecule has 2 aromatic carbocycles. The largest absolute Gasteiger partial charge is 0.397 e. The zero-order chi connectivity index (χ0) is 13.1. The number of amides is 1. The van der Waals surface area contributed by atoms with Crippen LogP contribution in [0.4, 0.5) is 15.8 Å². The van der Waals surface area contributed by atoms with E-state index in [2.05, 4.69) is 5.32 Å². The highest BCUT2D eigenvalue weighted by Gasteiger charge is 2.11. The van der Waals surface area contributed by atoms with Gasteiger partial charge in [0.2, 0.25) is 0 Å². The summed E-state index contributed by atoms with van der Waals surface area (Å²) in [7, 11) is 0. The first-order valence-electron chi connectivity index (χ1n) is 5.50. The fourth-order valence-electron chi connectivity index (χ4n) is 1.63. The Kier molecular flexibility index (Phi) is 3.28. The van der Waals surface area contributed by atoms with Gasteiger partial charge >= 0.3 is 0 Å². The number of benzene rings is 2. The lowest BCUT2D eigenvalue weighted by molar-refractivity contribution is 0.102. The van der Waals surface area contributed by atoms with E-state index in [4.69, 9.17) is 5.73 Å². The average Bonchev–Trinajstić information content (AvgIpc) is 2.33. The van der Waals surface area contributed by atoms with Crippen molar-refractivity contribution in [1.29, 1.82) is 0 Å². The first-order valence-corrected chi connectivity index (χ1v) is 5.50. The molecule has 2 aromatic rings. The summed E-state index contributed by atoms with van der Waals surface area (Å²) in [5.41, 5.74) is 7.71. The second kappa shape index (κ2) is 4.87. The van der Waals surface area contributed by atoms with Crippen LogP contribution in [0.3, 0.4) is 0 Å². The van der Waals surface area contributed by atoms with Crippen LogP contribution in [0.2, 0.25) is 0 Å². The van der Waals surface area contributed by atoms with Crippen molar-refractivity contribution in [3.05, 3.63) is 59.4 Å². The number of hydrogen-bond acceptors (Lipinski definition) is 2. The van der Waals surface area contributed by atoms with Crippen LogP contribution in [0.15, 0.2) is 42.5 Å². The first kappa shape index (κ1) is 12.1. The molecule has 0 aliphatic rings. The van der Waals surface area contributed by atoms with Crippen LogP contribution in [0.5, 0.6) is 0 Å². The highest BCUT2D eigenvalue weighted by molar-refractivity contribution is 6.05. The minimum Gasteiger partial charge on any atom is -0.397 e. The summed E-state index contributed by atoms with van der Waals surface area (Å²) in [6.07, 6.45) is 0. The van der Waals surface area contributed by atoms with Gasteiger partial charge in [0, 0.05) is 0 Å². The number of anilines is 2. The van der Waals surface area contributed by atoms with E-state index in [1.54, 1.807) is 18.2 Å². The van der Waals surface area contributed by atoms with Gasteiger partial charge in [-0.15, -0.1) is 0 Å². The van der Waals surface area contributed by atoms with Gasteiger partial charge in [0.25, 0.3) is 5.91 Å². The predicted molar refractivity (Wildman–Crippen MR) is 69.9 cm³/mol. The van der Waals surface area contributed by atoms with Crippen molar-refractivity contribution in [3.63, 3.8) is 0 Å². The highest BCUT2D eigenvalue weighted by atomic mass is 19.1. The molecule has 3 nitrogen and oxygen atoms in total. The van der Waals surface area contributed by atoms with E-state index in [9.17, 15) is 9.18 Å². The molecule has 0 spiro atoms. The van der Waals surface area contributed by atoms with Crippen LogP contribution < -0.4 is 11.1 Å². The molecule has 0 saturated heterocycles. The normalized spacial score (nSPS) is 10.1. The van der Waals surface area contributed by atoms with Gasteiger partial charge < -0.3 is 11.1 Å². The van der Waals surface area contributed by atoms with E-state index in [1.807, 2.05) is 13.0 Å². The Hall–Kier alpha value is -2.36. The Labute approximate surface area is 104 Å². The number of nitrogens with one attached hydrogen (secondary N) is 1. The smallest absolute Gasteiger partial charge is 0.258 e. The molecule has 0 bridgehead atoms. The van der Waals surface area contributed by atoms with Crippen molar-refractivity contribution in [3.8, 4) is 0 Å². The SMILES string of the molecule is Cc1ccc(NC(=O)c2ccccc2F)c(N)c1. The van der Waals surface area contributed by atoms with E-state index in [0.29, 0.717) is 11.4 Å². The molecular weight excluding hydrogens is 231 g/mol. The Morgan fingerprint density at radius 1 is 1.22 bits per heavy atom. The number of nitrogen functional groups attached to an aromatic ring is 1. The summed E-state index contributed by atoms with van der Waals surface area (Å²) in [6, 6.07) is 11.1. The maximum absolute atomic E-state index is 13.4. The number of rotatable bonds is 2. The van der Waals surface area contributed by atoms with Crippen LogP contribution >= 0.6 is 0 Å². The second-order valence-corrected chi connectivity index (χ2v) is 4.02. The molecule has 0 atom stereocenters. The summed E-state index contributed by atoms with van der Waals surface area (Å²) < 4.78 is 13.4. The van der Waals surface area contributed by atoms with Gasteiger partial charge in [-0.3, -0.25) is 4.79 Å². The Bertz CT molecular complexity index is 596. The summed E-state index contributed by atoms with van der Waals surface area (Å²) in [6.45, 7) is 1.90. The average molecular weight is 244 g/mol. The molecule has 0 aromatic heterocycles. The molecule has 2 rings (SSSR count). The quantitative estimate of drug-likeness (QED) is 0.798. The fourth-order valence-corrected chi connectivity index (χ4v) is 1.63. The summed E-state index contributed by atoms with van der Waals surface area (Å²) in [5.74, 6) is -1.07. The molecule has 3 N–H and O–H groups in total. The van der Waals surface area contributed by atoms with Crippen LogP contribution in [0, 0.1) is 12.7 Å². The Morgan fingerprint density at radius 3 is 2.61 bits per heavy atom. The van der Waals surface area contributed by atoms with E-state index < -0.39 is 11.7 Å². The molecule has 92 valence electrons. The van der Waals surface area contributed by atoms with Gasteiger partial charge in [0.05, 0.1) is 16.9 Å². The fraction of sp³-hybridized carbons (Fsp3) is 0.0714. The summed E-state index contributed by atoms with van der Waals surface area (Å²) in [5, 5.41) is 2.59. The second-order valence-electron chi connectivity index (χ2n) is 4.02. The van der Waals surface area contributed by atoms with Gasteiger partial charge in [-0.2, -0.15) is 0 Å². The Balaban J connectivity index is 2.24. The Morgan fingerprint density at radius 2 is 1.94 bits per heavy atom. The zero-order valence-electron chi connectivity index (χ0n) is 9.91. The van der Waals surface area contributed by atoms with E-state index in [-0.39, 0.29) is 5.56 Å². The zero-order valence-corrected chi connectivity index (χ0v) is 9.91.